The predicted molar refractivity (Wildman–Crippen MR) is 111 cm³/mol. The van der Waals surface area contributed by atoms with Crippen LogP contribution in [0.15, 0.2) is 35.3 Å². The monoisotopic (exact) mass is 386 g/mol. The van der Waals surface area contributed by atoms with Crippen molar-refractivity contribution in [1.82, 2.24) is 20.4 Å². The van der Waals surface area contributed by atoms with Gasteiger partial charge in [-0.3, -0.25) is 14.8 Å². The molecule has 0 fully saturated rings. The third kappa shape index (κ3) is 7.02. The van der Waals surface area contributed by atoms with Crippen LogP contribution in [0.1, 0.15) is 37.2 Å². The molecule has 0 atom stereocenters. The molecule has 2 rings (SSSR count). The van der Waals surface area contributed by atoms with Crippen LogP contribution < -0.4 is 10.6 Å². The van der Waals surface area contributed by atoms with E-state index in [4.69, 9.17) is 0 Å². The molecule has 152 valence electrons. The third-order valence-corrected chi connectivity index (χ3v) is 4.19. The van der Waals surface area contributed by atoms with Crippen LogP contribution in [0, 0.1) is 29.9 Å². The summed E-state index contributed by atoms with van der Waals surface area (Å²) in [7, 11) is 0. The molecule has 0 amide bonds. The minimum atomic E-state index is -0.396. The highest BCUT2D eigenvalue weighted by atomic mass is 16.6. The van der Waals surface area contributed by atoms with Crippen LogP contribution in [0.2, 0.25) is 0 Å². The van der Waals surface area contributed by atoms with E-state index < -0.39 is 4.92 Å². The first-order valence-corrected chi connectivity index (χ1v) is 9.61. The number of nitrogens with one attached hydrogen (secondary N) is 2. The normalized spacial score (nSPS) is 11.7. The van der Waals surface area contributed by atoms with Crippen molar-refractivity contribution in [1.29, 1.82) is 0 Å². The van der Waals surface area contributed by atoms with Crippen molar-refractivity contribution in [2.45, 2.75) is 47.2 Å². The van der Waals surface area contributed by atoms with E-state index >= 15 is 0 Å². The topological polar surface area (TPSA) is 97.4 Å². The molecule has 1 heterocycles. The van der Waals surface area contributed by atoms with E-state index in [1.807, 2.05) is 11.6 Å². The van der Waals surface area contributed by atoms with Gasteiger partial charge in [0.25, 0.3) is 5.69 Å². The van der Waals surface area contributed by atoms with Gasteiger partial charge in [-0.1, -0.05) is 26.0 Å². The summed E-state index contributed by atoms with van der Waals surface area (Å²) >= 11 is 0. The van der Waals surface area contributed by atoms with Gasteiger partial charge in [0.05, 0.1) is 17.2 Å². The number of guanidine groups is 1. The SMILES string of the molecule is Cc1cc(C)n(CCCNC(=NCc2ccc([N+](=O)[O-])cc2)NCC(C)C)n1. The van der Waals surface area contributed by atoms with E-state index in [-0.39, 0.29) is 5.69 Å². The third-order valence-electron chi connectivity index (χ3n) is 4.19. The van der Waals surface area contributed by atoms with Crippen molar-refractivity contribution >= 4 is 11.6 Å². The highest BCUT2D eigenvalue weighted by Gasteiger charge is 2.05. The van der Waals surface area contributed by atoms with Crippen molar-refractivity contribution in [2.24, 2.45) is 10.9 Å². The number of nitro benzene ring substituents is 1. The van der Waals surface area contributed by atoms with Crippen LogP contribution in [-0.2, 0) is 13.1 Å². The lowest BCUT2D eigenvalue weighted by Crippen LogP contribution is -2.39. The predicted octanol–water partition coefficient (Wildman–Crippen LogP) is 3.19. The Bertz CT molecular complexity index is 796. The summed E-state index contributed by atoms with van der Waals surface area (Å²) in [5.41, 5.74) is 3.23. The zero-order chi connectivity index (χ0) is 20.5. The Morgan fingerprint density at radius 2 is 1.96 bits per heavy atom. The lowest BCUT2D eigenvalue weighted by Gasteiger charge is -2.14. The molecule has 0 radical (unpaired) electrons. The summed E-state index contributed by atoms with van der Waals surface area (Å²) in [5, 5.41) is 21.9. The number of rotatable bonds is 9. The first kappa shape index (κ1) is 21.4. The first-order chi connectivity index (χ1) is 13.3. The molecule has 28 heavy (non-hydrogen) atoms. The second-order valence-corrected chi connectivity index (χ2v) is 7.29. The molecule has 0 bridgehead atoms. The molecule has 2 N–H and O–H groups in total. The lowest BCUT2D eigenvalue weighted by molar-refractivity contribution is -0.384. The summed E-state index contributed by atoms with van der Waals surface area (Å²) in [4.78, 5) is 15.0. The molecule has 0 spiro atoms. The fourth-order valence-corrected chi connectivity index (χ4v) is 2.71. The van der Waals surface area contributed by atoms with Crippen LogP contribution in [0.4, 0.5) is 5.69 Å². The van der Waals surface area contributed by atoms with Crippen LogP contribution >= 0.6 is 0 Å². The van der Waals surface area contributed by atoms with Gasteiger partial charge < -0.3 is 10.6 Å². The van der Waals surface area contributed by atoms with E-state index in [0.29, 0.717) is 12.5 Å². The van der Waals surface area contributed by atoms with E-state index in [1.54, 1.807) is 12.1 Å². The molecule has 2 aromatic rings. The Hall–Kier alpha value is -2.90. The van der Waals surface area contributed by atoms with Gasteiger partial charge in [0, 0.05) is 37.5 Å². The molecular weight excluding hydrogens is 356 g/mol. The number of hydrogen-bond acceptors (Lipinski definition) is 4. The number of hydrogen-bond donors (Lipinski definition) is 2. The number of aromatic nitrogens is 2. The Morgan fingerprint density at radius 1 is 1.25 bits per heavy atom. The molecule has 1 aromatic heterocycles. The average Bonchev–Trinajstić information content (AvgIpc) is 2.97. The van der Waals surface area contributed by atoms with Gasteiger partial charge in [0.1, 0.15) is 0 Å². The Labute approximate surface area is 166 Å². The molecule has 1 aromatic carbocycles. The van der Waals surface area contributed by atoms with Gasteiger partial charge in [-0.15, -0.1) is 0 Å². The summed E-state index contributed by atoms with van der Waals surface area (Å²) < 4.78 is 2.02. The Balaban J connectivity index is 1.89. The van der Waals surface area contributed by atoms with Crippen LogP contribution in [0.3, 0.4) is 0 Å². The highest BCUT2D eigenvalue weighted by Crippen LogP contribution is 2.12. The minimum Gasteiger partial charge on any atom is -0.356 e. The summed E-state index contributed by atoms with van der Waals surface area (Å²) in [5.74, 6) is 1.25. The molecule has 0 saturated heterocycles. The molecule has 0 saturated carbocycles. The number of aryl methyl sites for hydroxylation is 3. The zero-order valence-electron chi connectivity index (χ0n) is 17.1. The smallest absolute Gasteiger partial charge is 0.269 e. The van der Waals surface area contributed by atoms with Crippen molar-refractivity contribution in [2.75, 3.05) is 13.1 Å². The minimum absolute atomic E-state index is 0.0909. The number of nitro groups is 1. The van der Waals surface area contributed by atoms with Crippen molar-refractivity contribution in [3.63, 3.8) is 0 Å². The second kappa shape index (κ2) is 10.4. The van der Waals surface area contributed by atoms with Crippen molar-refractivity contribution in [3.05, 3.63) is 57.4 Å². The van der Waals surface area contributed by atoms with Crippen molar-refractivity contribution < 1.29 is 4.92 Å². The number of benzene rings is 1. The molecule has 0 unspecified atom stereocenters. The lowest BCUT2D eigenvalue weighted by atomic mass is 10.2. The van der Waals surface area contributed by atoms with E-state index in [9.17, 15) is 10.1 Å². The van der Waals surface area contributed by atoms with E-state index in [1.165, 1.54) is 17.8 Å². The van der Waals surface area contributed by atoms with Crippen molar-refractivity contribution in [3.8, 4) is 0 Å². The summed E-state index contributed by atoms with van der Waals surface area (Å²) in [6.07, 6.45) is 0.932. The number of nitrogens with zero attached hydrogens (tertiary/aromatic N) is 4. The summed E-state index contributed by atoms with van der Waals surface area (Å²) in [6, 6.07) is 8.57. The fraction of sp³-hybridized carbons (Fsp3) is 0.500. The highest BCUT2D eigenvalue weighted by molar-refractivity contribution is 5.79. The van der Waals surface area contributed by atoms with Gasteiger partial charge in [-0.05, 0) is 37.8 Å². The van der Waals surface area contributed by atoms with Gasteiger partial charge in [0.2, 0.25) is 0 Å². The number of aliphatic imine (C=N–C) groups is 1. The van der Waals surface area contributed by atoms with Gasteiger partial charge in [-0.25, -0.2) is 4.99 Å². The van der Waals surface area contributed by atoms with E-state index in [0.717, 1.165) is 43.3 Å². The van der Waals surface area contributed by atoms with Crippen LogP contribution in [0.25, 0.3) is 0 Å². The maximum atomic E-state index is 10.8. The van der Waals surface area contributed by atoms with Gasteiger partial charge in [-0.2, -0.15) is 5.10 Å². The molecule has 8 heteroatoms. The maximum absolute atomic E-state index is 10.8. The van der Waals surface area contributed by atoms with Crippen LogP contribution in [0.5, 0.6) is 0 Å². The zero-order valence-corrected chi connectivity index (χ0v) is 17.1. The second-order valence-electron chi connectivity index (χ2n) is 7.29. The summed E-state index contributed by atoms with van der Waals surface area (Å²) in [6.45, 7) is 11.3. The molecule has 8 nitrogen and oxygen atoms in total. The largest absolute Gasteiger partial charge is 0.356 e. The van der Waals surface area contributed by atoms with Crippen LogP contribution in [-0.4, -0.2) is 33.8 Å². The van der Waals surface area contributed by atoms with E-state index in [2.05, 4.69) is 47.6 Å². The Morgan fingerprint density at radius 3 is 2.54 bits per heavy atom. The molecule has 0 aliphatic carbocycles. The average molecular weight is 387 g/mol. The first-order valence-electron chi connectivity index (χ1n) is 9.61. The Kier molecular flexibility index (Phi) is 7.98. The fourth-order valence-electron chi connectivity index (χ4n) is 2.71. The van der Waals surface area contributed by atoms with Gasteiger partial charge >= 0.3 is 0 Å². The van der Waals surface area contributed by atoms with Gasteiger partial charge in [0.15, 0.2) is 5.96 Å². The number of non-ortho nitro benzene ring substituents is 1. The molecule has 0 aliphatic heterocycles. The standard InChI is InChI=1S/C20H30N6O2/c1-15(2)13-22-20(21-10-5-11-25-17(4)12-16(3)24-25)23-14-18-6-8-19(9-7-18)26(27)28/h6-9,12,15H,5,10-11,13-14H2,1-4H3,(H2,21,22,23). The quantitative estimate of drug-likeness (QED) is 0.227. The maximum Gasteiger partial charge on any atom is 0.269 e. The molecular formula is C20H30N6O2. The molecule has 0 aliphatic rings.